The van der Waals surface area contributed by atoms with Crippen LogP contribution in [0.15, 0.2) is 30.5 Å². The van der Waals surface area contributed by atoms with Crippen molar-refractivity contribution in [3.8, 4) is 22.8 Å². The van der Waals surface area contributed by atoms with Gasteiger partial charge in [0, 0.05) is 35.6 Å². The summed E-state index contributed by atoms with van der Waals surface area (Å²) in [4.78, 5) is 32.2. The van der Waals surface area contributed by atoms with Crippen LogP contribution in [-0.4, -0.2) is 47.8 Å². The lowest BCUT2D eigenvalue weighted by Gasteiger charge is -2.30. The summed E-state index contributed by atoms with van der Waals surface area (Å²) in [6.07, 6.45) is 2.05. The number of nitrogens with zero attached hydrogens (tertiary/aromatic N) is 2. The molecule has 1 N–H and O–H groups in total. The number of carboxylic acids is 1. The number of hydrogen-bond acceptors (Lipinski definition) is 6. The minimum absolute atomic E-state index is 0.237. The zero-order chi connectivity index (χ0) is 29.6. The fourth-order valence-corrected chi connectivity index (χ4v) is 5.84. The van der Waals surface area contributed by atoms with Gasteiger partial charge in [-0.1, -0.05) is 0 Å². The molecule has 0 saturated carbocycles. The molecule has 1 amide bonds. The second kappa shape index (κ2) is 10.8. The van der Waals surface area contributed by atoms with Crippen LogP contribution in [-0.2, 0) is 22.4 Å². The van der Waals surface area contributed by atoms with Gasteiger partial charge in [-0.05, 0) is 99.9 Å². The molecule has 0 spiro atoms. The summed E-state index contributed by atoms with van der Waals surface area (Å²) >= 11 is 0. The van der Waals surface area contributed by atoms with E-state index in [-0.39, 0.29) is 11.7 Å². The Labute approximate surface area is 239 Å². The summed E-state index contributed by atoms with van der Waals surface area (Å²) in [6, 6.07) is 6.57. The summed E-state index contributed by atoms with van der Waals surface area (Å²) < 4.78 is 32.5. The molecule has 3 heterocycles. The fraction of sp³-hybridized carbons (Fsp3) is 0.406. The van der Waals surface area contributed by atoms with Crippen LogP contribution in [0.4, 0.5) is 10.1 Å². The van der Waals surface area contributed by atoms with Crippen LogP contribution in [0.2, 0.25) is 0 Å². The molecule has 0 fully saturated rings. The first kappa shape index (κ1) is 28.5. The van der Waals surface area contributed by atoms with Gasteiger partial charge in [0.15, 0.2) is 17.7 Å². The summed E-state index contributed by atoms with van der Waals surface area (Å²) in [5.41, 5.74) is 4.98. The van der Waals surface area contributed by atoms with Crippen LogP contribution in [0.3, 0.4) is 0 Å². The lowest BCUT2D eigenvalue weighted by atomic mass is 9.83. The number of carbonyl (C=O) groups excluding carboxylic acids is 1. The molecule has 0 radical (unpaired) electrons. The maximum Gasteiger partial charge on any atom is 0.337 e. The normalized spacial score (nSPS) is 15.1. The molecule has 41 heavy (non-hydrogen) atoms. The second-order valence-electron chi connectivity index (χ2n) is 11.5. The Balaban J connectivity index is 1.75. The van der Waals surface area contributed by atoms with Crippen molar-refractivity contribution in [2.75, 3.05) is 25.2 Å². The zero-order valence-corrected chi connectivity index (χ0v) is 24.3. The van der Waals surface area contributed by atoms with Crippen molar-refractivity contribution >= 4 is 17.6 Å². The number of ether oxygens (including phenoxy) is 3. The van der Waals surface area contributed by atoms with E-state index in [0.717, 1.165) is 23.1 Å². The topological polar surface area (TPSA) is 98.2 Å². The Morgan fingerprint density at radius 1 is 1.15 bits per heavy atom. The molecular formula is C32H35FN2O6. The van der Waals surface area contributed by atoms with Crippen molar-refractivity contribution < 1.29 is 33.3 Å². The molecule has 3 aromatic rings. The van der Waals surface area contributed by atoms with Crippen LogP contribution < -0.4 is 14.4 Å². The van der Waals surface area contributed by atoms with E-state index in [0.29, 0.717) is 65.4 Å². The van der Waals surface area contributed by atoms with Gasteiger partial charge < -0.3 is 24.2 Å². The highest BCUT2D eigenvalue weighted by molar-refractivity contribution is 6.08. The quantitative estimate of drug-likeness (QED) is 0.395. The number of aliphatic carboxylic acids is 1. The zero-order valence-electron chi connectivity index (χ0n) is 24.3. The van der Waals surface area contributed by atoms with E-state index in [1.54, 1.807) is 37.8 Å². The maximum absolute atomic E-state index is 15.5. The highest BCUT2D eigenvalue weighted by atomic mass is 19.1. The number of halogens is 1. The van der Waals surface area contributed by atoms with Crippen molar-refractivity contribution in [1.29, 1.82) is 0 Å². The van der Waals surface area contributed by atoms with Crippen LogP contribution in [0.25, 0.3) is 11.1 Å². The number of carboxylic acid groups (broad SMARTS) is 1. The number of benzene rings is 2. The summed E-state index contributed by atoms with van der Waals surface area (Å²) in [5.74, 6) is -1.20. The van der Waals surface area contributed by atoms with E-state index in [9.17, 15) is 14.7 Å². The Kier molecular flexibility index (Phi) is 7.50. The van der Waals surface area contributed by atoms with Gasteiger partial charge in [0.25, 0.3) is 5.91 Å². The molecule has 2 aliphatic rings. The molecule has 1 atom stereocenters. The average Bonchev–Trinajstić information content (AvgIpc) is 3.35. The Morgan fingerprint density at radius 2 is 1.90 bits per heavy atom. The smallest absolute Gasteiger partial charge is 0.337 e. The van der Waals surface area contributed by atoms with Gasteiger partial charge in [0.05, 0.1) is 24.9 Å². The van der Waals surface area contributed by atoms with Crippen molar-refractivity contribution in [2.45, 2.75) is 65.6 Å². The van der Waals surface area contributed by atoms with Gasteiger partial charge in [-0.2, -0.15) is 0 Å². The second-order valence-corrected chi connectivity index (χ2v) is 11.5. The van der Waals surface area contributed by atoms with Crippen molar-refractivity contribution in [1.82, 2.24) is 4.98 Å². The van der Waals surface area contributed by atoms with Gasteiger partial charge in [-0.3, -0.25) is 4.79 Å². The molecule has 1 unspecified atom stereocenters. The number of amides is 1. The molecule has 0 aliphatic carbocycles. The van der Waals surface area contributed by atoms with E-state index in [4.69, 9.17) is 14.2 Å². The van der Waals surface area contributed by atoms with Gasteiger partial charge in [0.1, 0.15) is 0 Å². The van der Waals surface area contributed by atoms with Crippen molar-refractivity contribution in [2.24, 2.45) is 0 Å². The van der Waals surface area contributed by atoms with E-state index in [1.807, 2.05) is 19.9 Å². The first-order valence-electron chi connectivity index (χ1n) is 13.7. The first-order chi connectivity index (χ1) is 19.4. The minimum atomic E-state index is -1.31. The number of anilines is 1. The predicted octanol–water partition coefficient (Wildman–Crippen LogP) is 5.98. The predicted molar refractivity (Wildman–Crippen MR) is 153 cm³/mol. The number of hydrogen-bond donors (Lipinski definition) is 1. The van der Waals surface area contributed by atoms with Crippen molar-refractivity contribution in [3.05, 3.63) is 69.7 Å². The van der Waals surface area contributed by atoms with Gasteiger partial charge in [0.2, 0.25) is 5.88 Å². The largest absolute Gasteiger partial charge is 0.490 e. The van der Waals surface area contributed by atoms with Gasteiger partial charge >= 0.3 is 5.97 Å². The minimum Gasteiger partial charge on any atom is -0.490 e. The first-order valence-corrected chi connectivity index (χ1v) is 13.7. The standard InChI is InChI=1S/C32H35FN2O6/c1-17-14-24-21(11-12-35(24)30(36)19-9-10-25(39-6)34-16-19)27(26(17)29(31(37)38)41-32(3,4)5)22-15-23(33)28-20(18(22)2)8-7-13-40-28/h9-10,14-16,29H,7-8,11-13H2,1-6H3,(H,37,38). The van der Waals surface area contributed by atoms with E-state index in [2.05, 4.69) is 4.98 Å². The molecule has 0 saturated heterocycles. The highest BCUT2D eigenvalue weighted by Gasteiger charge is 2.37. The molecule has 216 valence electrons. The number of pyridine rings is 1. The SMILES string of the molecule is COc1ccc(C(=O)N2CCc3c2cc(C)c(C(OC(C)(C)C)C(=O)O)c3-c2cc(F)c3c(c2C)CCCO3)cn1. The van der Waals surface area contributed by atoms with Crippen LogP contribution >= 0.6 is 0 Å². The van der Waals surface area contributed by atoms with Crippen molar-refractivity contribution in [3.63, 3.8) is 0 Å². The van der Waals surface area contributed by atoms with E-state index >= 15 is 4.39 Å². The number of aromatic nitrogens is 1. The molecule has 8 nitrogen and oxygen atoms in total. The van der Waals surface area contributed by atoms with Crippen LogP contribution in [0, 0.1) is 19.7 Å². The summed E-state index contributed by atoms with van der Waals surface area (Å²) in [5, 5.41) is 10.4. The third-order valence-electron chi connectivity index (χ3n) is 7.64. The van der Waals surface area contributed by atoms with Gasteiger partial charge in [-0.25, -0.2) is 14.2 Å². The lowest BCUT2D eigenvalue weighted by Crippen LogP contribution is -2.30. The summed E-state index contributed by atoms with van der Waals surface area (Å²) in [7, 11) is 1.51. The lowest BCUT2D eigenvalue weighted by molar-refractivity contribution is -0.160. The number of fused-ring (bicyclic) bond motifs is 2. The number of rotatable bonds is 6. The third-order valence-corrected chi connectivity index (χ3v) is 7.64. The fourth-order valence-electron chi connectivity index (χ4n) is 5.84. The van der Waals surface area contributed by atoms with E-state index in [1.165, 1.54) is 19.4 Å². The average molecular weight is 563 g/mol. The molecule has 1 aromatic heterocycles. The Hall–Kier alpha value is -3.98. The van der Waals surface area contributed by atoms with E-state index < -0.39 is 23.5 Å². The Morgan fingerprint density at radius 3 is 2.54 bits per heavy atom. The molecule has 2 aliphatic heterocycles. The maximum atomic E-state index is 15.5. The molecule has 0 bridgehead atoms. The molecular weight excluding hydrogens is 527 g/mol. The number of aryl methyl sites for hydroxylation is 1. The number of carbonyl (C=O) groups is 2. The Bertz CT molecular complexity index is 1530. The van der Waals surface area contributed by atoms with Gasteiger partial charge in [-0.15, -0.1) is 0 Å². The number of methoxy groups -OCH3 is 1. The van der Waals surface area contributed by atoms with Crippen LogP contribution in [0.1, 0.15) is 71.5 Å². The monoisotopic (exact) mass is 562 g/mol. The summed E-state index contributed by atoms with van der Waals surface area (Å²) in [6.45, 7) is 9.96. The highest BCUT2D eigenvalue weighted by Crippen LogP contribution is 2.47. The third kappa shape index (κ3) is 5.26. The molecule has 9 heteroatoms. The molecule has 2 aromatic carbocycles. The molecule has 5 rings (SSSR count). The van der Waals surface area contributed by atoms with Crippen LogP contribution in [0.5, 0.6) is 11.6 Å².